The maximum Gasteiger partial charge on any atom is 0.314 e. The van der Waals surface area contributed by atoms with Crippen molar-refractivity contribution in [3.63, 3.8) is 0 Å². The summed E-state index contributed by atoms with van der Waals surface area (Å²) in [5, 5.41) is 18.4. The van der Waals surface area contributed by atoms with Crippen molar-refractivity contribution in [2.75, 3.05) is 0 Å². The zero-order valence-corrected chi connectivity index (χ0v) is 22.7. The summed E-state index contributed by atoms with van der Waals surface area (Å²) in [6, 6.07) is 15.8. The number of alkyl halides is 2. The van der Waals surface area contributed by atoms with E-state index in [9.17, 15) is 14.9 Å². The summed E-state index contributed by atoms with van der Waals surface area (Å²) in [4.78, 5) is 33.2. The van der Waals surface area contributed by atoms with Crippen molar-refractivity contribution >= 4 is 11.6 Å². The number of aromatic amines is 1. The molecule has 1 N–H and O–H groups in total. The molecule has 0 amide bonds. The molecule has 0 radical (unpaired) electrons. The van der Waals surface area contributed by atoms with Gasteiger partial charge in [0.25, 0.3) is 11.1 Å². The van der Waals surface area contributed by atoms with Crippen LogP contribution in [0.1, 0.15) is 41.9 Å². The van der Waals surface area contributed by atoms with E-state index in [-0.39, 0.29) is 28.4 Å². The Kier molecular flexibility index (Phi) is 8.18. The van der Waals surface area contributed by atoms with E-state index in [1.54, 1.807) is 30.3 Å². The molecule has 0 aliphatic heterocycles. The molecular formula is C30H22ClF2N5O3. The molecule has 11 heteroatoms. The molecule has 0 fully saturated rings. The quantitative estimate of drug-likeness (QED) is 0.255. The highest BCUT2D eigenvalue weighted by molar-refractivity contribution is 6.30. The van der Waals surface area contributed by atoms with E-state index >= 15 is 8.78 Å². The van der Waals surface area contributed by atoms with E-state index in [1.165, 1.54) is 18.2 Å². The van der Waals surface area contributed by atoms with Crippen molar-refractivity contribution in [3.05, 3.63) is 121 Å². The van der Waals surface area contributed by atoms with Gasteiger partial charge in [-0.25, -0.2) is 4.98 Å². The van der Waals surface area contributed by atoms with Crippen LogP contribution >= 0.6 is 11.6 Å². The number of allylic oxidation sites excluding steroid dienone is 1. The molecule has 206 valence electrons. The Bertz CT molecular complexity index is 1870. The molecule has 0 saturated carbocycles. The Balaban J connectivity index is 1.86. The van der Waals surface area contributed by atoms with Crippen LogP contribution in [0.4, 0.5) is 8.78 Å². The maximum atomic E-state index is 15.1. The summed E-state index contributed by atoms with van der Waals surface area (Å²) in [5.41, 5.74) is -0.353. The molecule has 0 aliphatic carbocycles. The molecule has 2 aromatic heterocycles. The van der Waals surface area contributed by atoms with Crippen LogP contribution in [-0.2, 0) is 18.9 Å². The molecule has 0 aliphatic rings. The second-order valence-electron chi connectivity index (χ2n) is 9.16. The SMILES string of the molecule is C=C(C)C(F)(F)c1ncn(Cc2cc(-c3ccc(C#N)cc3)c(=O)[nH]c2CC)c(=O)c1Oc1cc(Cl)cc(C#N)c1. The summed E-state index contributed by atoms with van der Waals surface area (Å²) in [5.74, 6) is -4.58. The number of hydrogen-bond donors (Lipinski definition) is 1. The highest BCUT2D eigenvalue weighted by Gasteiger charge is 2.39. The summed E-state index contributed by atoms with van der Waals surface area (Å²) in [6.45, 7) is 6.10. The Morgan fingerprint density at radius 1 is 1.12 bits per heavy atom. The number of pyridine rings is 1. The van der Waals surface area contributed by atoms with Crippen molar-refractivity contribution < 1.29 is 13.5 Å². The zero-order chi connectivity index (χ0) is 29.9. The number of halogens is 3. The molecule has 0 bridgehead atoms. The number of nitrogens with zero attached hydrogens (tertiary/aromatic N) is 4. The van der Waals surface area contributed by atoms with Crippen molar-refractivity contribution in [2.45, 2.75) is 32.7 Å². The minimum Gasteiger partial charge on any atom is -0.449 e. The number of nitriles is 2. The molecule has 0 atom stereocenters. The number of ether oxygens (including phenoxy) is 1. The first-order chi connectivity index (χ1) is 19.5. The molecule has 2 aromatic carbocycles. The molecular weight excluding hydrogens is 552 g/mol. The maximum absolute atomic E-state index is 15.1. The third kappa shape index (κ3) is 5.93. The van der Waals surface area contributed by atoms with Gasteiger partial charge in [0.15, 0.2) is 5.69 Å². The molecule has 4 aromatic rings. The Labute approximate surface area is 238 Å². The topological polar surface area (TPSA) is 125 Å². The van der Waals surface area contributed by atoms with Crippen LogP contribution in [0, 0.1) is 22.7 Å². The monoisotopic (exact) mass is 573 g/mol. The van der Waals surface area contributed by atoms with Crippen molar-refractivity contribution in [1.29, 1.82) is 10.5 Å². The summed E-state index contributed by atoms with van der Waals surface area (Å²) < 4.78 is 37.0. The fraction of sp³-hybridized carbons (Fsp3) is 0.167. The molecule has 0 unspecified atom stereocenters. The fourth-order valence-electron chi connectivity index (χ4n) is 4.10. The van der Waals surface area contributed by atoms with Crippen LogP contribution in [0.2, 0.25) is 5.02 Å². The van der Waals surface area contributed by atoms with Gasteiger partial charge in [-0.2, -0.15) is 19.3 Å². The number of rotatable bonds is 8. The number of hydrogen-bond acceptors (Lipinski definition) is 6. The van der Waals surface area contributed by atoms with E-state index in [2.05, 4.69) is 16.5 Å². The van der Waals surface area contributed by atoms with Crippen molar-refractivity contribution in [3.8, 4) is 34.8 Å². The fourth-order valence-corrected chi connectivity index (χ4v) is 4.32. The van der Waals surface area contributed by atoms with E-state index in [1.807, 2.05) is 19.1 Å². The number of nitrogens with one attached hydrogen (secondary N) is 1. The molecule has 8 nitrogen and oxygen atoms in total. The highest BCUT2D eigenvalue weighted by atomic mass is 35.5. The standard InChI is InChI=1S/C30H22ClF2N5O3/c1-4-25-21(11-24(28(39)37-25)20-7-5-18(13-34)6-8-20)15-38-16-36-27(30(32,33)17(2)3)26(29(38)40)41-23-10-19(14-35)9-22(31)12-23/h5-12,16H,2,4,15H2,1,3H3,(H,37,39). The number of H-pyrrole nitrogens is 1. The predicted molar refractivity (Wildman–Crippen MR) is 149 cm³/mol. The van der Waals surface area contributed by atoms with Gasteiger partial charge >= 0.3 is 5.92 Å². The van der Waals surface area contributed by atoms with Crippen LogP contribution in [0.25, 0.3) is 11.1 Å². The molecule has 0 saturated heterocycles. The van der Waals surface area contributed by atoms with Gasteiger partial charge in [0.1, 0.15) is 5.75 Å². The first-order valence-electron chi connectivity index (χ1n) is 12.3. The zero-order valence-electron chi connectivity index (χ0n) is 22.0. The van der Waals surface area contributed by atoms with Gasteiger partial charge in [0.2, 0.25) is 5.75 Å². The van der Waals surface area contributed by atoms with Crippen LogP contribution < -0.4 is 15.9 Å². The van der Waals surface area contributed by atoms with E-state index in [4.69, 9.17) is 21.6 Å². The first kappa shape index (κ1) is 28.9. The third-order valence-corrected chi connectivity index (χ3v) is 6.50. The number of benzene rings is 2. The van der Waals surface area contributed by atoms with Gasteiger partial charge in [-0.3, -0.25) is 14.2 Å². The van der Waals surface area contributed by atoms with Crippen LogP contribution in [-0.4, -0.2) is 14.5 Å². The normalized spacial score (nSPS) is 11.0. The largest absolute Gasteiger partial charge is 0.449 e. The minimum atomic E-state index is -3.71. The first-order valence-corrected chi connectivity index (χ1v) is 12.6. The second-order valence-corrected chi connectivity index (χ2v) is 9.59. The van der Waals surface area contributed by atoms with Crippen molar-refractivity contribution in [1.82, 2.24) is 14.5 Å². The van der Waals surface area contributed by atoms with E-state index in [0.717, 1.165) is 17.8 Å². The lowest BCUT2D eigenvalue weighted by Crippen LogP contribution is -2.29. The highest BCUT2D eigenvalue weighted by Crippen LogP contribution is 2.38. The average Bonchev–Trinajstić information content (AvgIpc) is 2.95. The minimum absolute atomic E-state index is 0.0982. The Morgan fingerprint density at radius 2 is 1.80 bits per heavy atom. The third-order valence-electron chi connectivity index (χ3n) is 6.28. The second kappa shape index (κ2) is 11.6. The van der Waals surface area contributed by atoms with Gasteiger partial charge in [0, 0.05) is 16.3 Å². The van der Waals surface area contributed by atoms with Crippen molar-refractivity contribution in [2.24, 2.45) is 0 Å². The van der Waals surface area contributed by atoms with Gasteiger partial charge in [-0.15, -0.1) is 0 Å². The lowest BCUT2D eigenvalue weighted by molar-refractivity contribution is 0.0309. The van der Waals surface area contributed by atoms with Gasteiger partial charge in [0.05, 0.1) is 36.1 Å². The van der Waals surface area contributed by atoms with E-state index < -0.39 is 28.5 Å². The van der Waals surface area contributed by atoms with Gasteiger partial charge in [-0.1, -0.05) is 37.2 Å². The predicted octanol–water partition coefficient (Wildman–Crippen LogP) is 6.07. The molecule has 0 spiro atoms. The van der Waals surface area contributed by atoms with Gasteiger partial charge < -0.3 is 9.72 Å². The van der Waals surface area contributed by atoms with Crippen LogP contribution in [0.3, 0.4) is 0 Å². The smallest absolute Gasteiger partial charge is 0.314 e. The summed E-state index contributed by atoms with van der Waals surface area (Å²) in [6.07, 6.45) is 1.39. The molecule has 2 heterocycles. The Morgan fingerprint density at radius 3 is 2.41 bits per heavy atom. The summed E-state index contributed by atoms with van der Waals surface area (Å²) in [7, 11) is 0. The average molecular weight is 574 g/mol. The lowest BCUT2D eigenvalue weighted by Gasteiger charge is -2.20. The van der Waals surface area contributed by atoms with E-state index in [0.29, 0.717) is 34.4 Å². The number of aryl methyl sites for hydroxylation is 1. The molecule has 41 heavy (non-hydrogen) atoms. The van der Waals surface area contributed by atoms with Gasteiger partial charge in [-0.05, 0) is 66.4 Å². The molecule has 4 rings (SSSR count). The number of aromatic nitrogens is 3. The Hall–Kier alpha value is -5.06. The van der Waals surface area contributed by atoms with Crippen LogP contribution in [0.15, 0.2) is 76.6 Å². The summed E-state index contributed by atoms with van der Waals surface area (Å²) >= 11 is 6.04. The lowest BCUT2D eigenvalue weighted by atomic mass is 10.0. The van der Waals surface area contributed by atoms with Crippen LogP contribution in [0.5, 0.6) is 11.5 Å².